The summed E-state index contributed by atoms with van der Waals surface area (Å²) >= 11 is 1.83. The van der Waals surface area contributed by atoms with E-state index in [0.29, 0.717) is 0 Å². The minimum Gasteiger partial charge on any atom is -0.309 e. The van der Waals surface area contributed by atoms with E-state index in [-0.39, 0.29) is 0 Å². The molecule has 4 heterocycles. The third kappa shape index (κ3) is 4.75. The molecule has 3 nitrogen and oxygen atoms in total. The maximum Gasteiger partial charge on any atom is 0.179 e. The minimum absolute atomic E-state index is 0.978. The van der Waals surface area contributed by atoms with E-state index < -0.39 is 8.07 Å². The van der Waals surface area contributed by atoms with Crippen LogP contribution in [0.25, 0.3) is 75.3 Å². The molecule has 0 spiro atoms. The van der Waals surface area contributed by atoms with E-state index in [1.165, 1.54) is 79.2 Å². The van der Waals surface area contributed by atoms with Crippen LogP contribution >= 0.6 is 11.3 Å². The molecule has 12 rings (SSSR count). The fourth-order valence-corrected chi connectivity index (χ4v) is 15.7. The van der Waals surface area contributed by atoms with Crippen molar-refractivity contribution in [2.24, 2.45) is 0 Å². The molecule has 0 aliphatic rings. The van der Waals surface area contributed by atoms with Crippen LogP contribution in [0.3, 0.4) is 0 Å². The number of hydrogen-bond donors (Lipinski definition) is 0. The normalized spacial score (nSPS) is 12.1. The minimum atomic E-state index is -2.96. The maximum atomic E-state index is 5.12. The van der Waals surface area contributed by atoms with Crippen LogP contribution in [-0.4, -0.2) is 22.2 Å². The van der Waals surface area contributed by atoms with E-state index >= 15 is 0 Å². The standard InChI is InChI=1S/C53H35N3SSi/c1-3-17-37(18-4-1)58(38-19-5-2-6-20-38,39-21-15-16-36(34-39)55-47-26-11-7-22-41(47)42-23-8-12-27-48(42)55)40-30-31-50-46(35-40)43-24-9-13-28-49(43)56(50)53-52-45(32-33-54-53)44-25-10-14-29-51(44)57-52/h1-35H. The van der Waals surface area contributed by atoms with Gasteiger partial charge in [-0.05, 0) is 69.3 Å². The van der Waals surface area contributed by atoms with Gasteiger partial charge < -0.3 is 4.57 Å². The molecule has 8 aromatic carbocycles. The maximum absolute atomic E-state index is 5.12. The van der Waals surface area contributed by atoms with Crippen LogP contribution in [0.4, 0.5) is 0 Å². The molecule has 58 heavy (non-hydrogen) atoms. The number of benzene rings is 8. The van der Waals surface area contributed by atoms with E-state index in [9.17, 15) is 0 Å². The Morgan fingerprint density at radius 2 is 0.879 bits per heavy atom. The molecule has 0 N–H and O–H groups in total. The molecular weight excluding hydrogens is 739 g/mol. The van der Waals surface area contributed by atoms with E-state index in [1.54, 1.807) is 0 Å². The highest BCUT2D eigenvalue weighted by Crippen LogP contribution is 2.40. The molecule has 12 aromatic rings. The first-order chi connectivity index (χ1) is 28.8. The Morgan fingerprint density at radius 1 is 0.362 bits per heavy atom. The Labute approximate surface area is 340 Å². The molecule has 0 radical (unpaired) electrons. The summed E-state index contributed by atoms with van der Waals surface area (Å²) in [5.74, 6) is 0.978. The SMILES string of the molecule is c1ccc([Si](c2ccccc2)(c2cccc(-n3c4ccccc4c4ccccc43)c2)c2ccc3c(c2)c2ccccc2n3-c2nccc3c2sc2ccccc23)cc1. The van der Waals surface area contributed by atoms with Gasteiger partial charge in [0.15, 0.2) is 13.9 Å². The number of nitrogens with zero attached hydrogens (tertiary/aromatic N) is 3. The number of rotatable bonds is 6. The fourth-order valence-electron chi connectivity index (χ4n) is 9.69. The van der Waals surface area contributed by atoms with Crippen LogP contribution < -0.4 is 20.7 Å². The lowest BCUT2D eigenvalue weighted by Gasteiger charge is -2.35. The molecule has 0 aliphatic carbocycles. The zero-order valence-electron chi connectivity index (χ0n) is 31.5. The van der Waals surface area contributed by atoms with Crippen LogP contribution in [0.2, 0.25) is 0 Å². The van der Waals surface area contributed by atoms with Gasteiger partial charge in [0.2, 0.25) is 0 Å². The number of fused-ring (bicyclic) bond motifs is 9. The van der Waals surface area contributed by atoms with Gasteiger partial charge in [-0.3, -0.25) is 4.57 Å². The fraction of sp³-hybridized carbons (Fsp3) is 0. The number of para-hydroxylation sites is 3. The van der Waals surface area contributed by atoms with Crippen molar-refractivity contribution in [2.75, 3.05) is 0 Å². The van der Waals surface area contributed by atoms with Crippen LogP contribution in [0.15, 0.2) is 212 Å². The van der Waals surface area contributed by atoms with E-state index in [1.807, 2.05) is 17.5 Å². The highest BCUT2D eigenvalue weighted by molar-refractivity contribution is 7.26. The lowest BCUT2D eigenvalue weighted by atomic mass is 10.1. The van der Waals surface area contributed by atoms with Gasteiger partial charge in [-0.15, -0.1) is 11.3 Å². The van der Waals surface area contributed by atoms with Gasteiger partial charge in [0.05, 0.1) is 26.8 Å². The first-order valence-corrected chi connectivity index (χ1v) is 22.6. The van der Waals surface area contributed by atoms with Gasteiger partial charge >= 0.3 is 0 Å². The Bertz CT molecular complexity index is 3430. The monoisotopic (exact) mass is 773 g/mol. The Balaban J connectivity index is 1.16. The van der Waals surface area contributed by atoms with Gasteiger partial charge in [0.25, 0.3) is 0 Å². The Morgan fingerprint density at radius 3 is 1.55 bits per heavy atom. The third-order valence-corrected chi connectivity index (χ3v) is 18.1. The number of hydrogen-bond acceptors (Lipinski definition) is 2. The zero-order chi connectivity index (χ0) is 38.2. The molecule has 0 bridgehead atoms. The first-order valence-electron chi connectivity index (χ1n) is 19.8. The average Bonchev–Trinajstić information content (AvgIpc) is 3.95. The predicted molar refractivity (Wildman–Crippen MR) is 249 cm³/mol. The second kappa shape index (κ2) is 13.0. The number of thiophene rings is 1. The highest BCUT2D eigenvalue weighted by atomic mass is 32.1. The smallest absolute Gasteiger partial charge is 0.179 e. The van der Waals surface area contributed by atoms with Crippen LogP contribution in [0, 0.1) is 0 Å². The quantitative estimate of drug-likeness (QED) is 0.122. The summed E-state index contributed by atoms with van der Waals surface area (Å²) in [6.45, 7) is 0. The molecule has 0 saturated heterocycles. The van der Waals surface area contributed by atoms with Crippen molar-refractivity contribution in [1.29, 1.82) is 0 Å². The lowest BCUT2D eigenvalue weighted by Crippen LogP contribution is -2.74. The largest absolute Gasteiger partial charge is 0.309 e. The van der Waals surface area contributed by atoms with E-state index in [0.717, 1.165) is 16.9 Å². The Kier molecular flexibility index (Phi) is 7.42. The summed E-state index contributed by atoms with van der Waals surface area (Å²) in [5, 5.41) is 12.9. The van der Waals surface area contributed by atoms with Gasteiger partial charge in [-0.25, -0.2) is 4.98 Å². The summed E-state index contributed by atoms with van der Waals surface area (Å²) in [6, 6.07) is 76.5. The van der Waals surface area contributed by atoms with Crippen molar-refractivity contribution in [3.63, 3.8) is 0 Å². The molecule has 0 aliphatic heterocycles. The van der Waals surface area contributed by atoms with Gasteiger partial charge in [0, 0.05) is 48.9 Å². The predicted octanol–water partition coefficient (Wildman–Crippen LogP) is 11.0. The van der Waals surface area contributed by atoms with Crippen molar-refractivity contribution in [3.8, 4) is 11.5 Å². The summed E-state index contributed by atoms with van der Waals surface area (Å²) in [5.41, 5.74) is 5.91. The molecule has 0 amide bonds. The zero-order valence-corrected chi connectivity index (χ0v) is 33.3. The molecule has 5 heteroatoms. The molecule has 0 saturated carbocycles. The second-order valence-electron chi connectivity index (χ2n) is 15.1. The average molecular weight is 774 g/mol. The van der Waals surface area contributed by atoms with Gasteiger partial charge in [0.1, 0.15) is 0 Å². The van der Waals surface area contributed by atoms with Crippen molar-refractivity contribution >= 4 is 104 Å². The molecule has 0 fully saturated rings. The summed E-state index contributed by atoms with van der Waals surface area (Å²) in [4.78, 5) is 5.12. The molecule has 4 aromatic heterocycles. The van der Waals surface area contributed by atoms with E-state index in [2.05, 4.69) is 215 Å². The molecule has 0 atom stereocenters. The summed E-state index contributed by atoms with van der Waals surface area (Å²) in [7, 11) is -2.96. The molecule has 0 unspecified atom stereocenters. The lowest BCUT2D eigenvalue weighted by molar-refractivity contribution is 1.11. The summed E-state index contributed by atoms with van der Waals surface area (Å²) in [6.07, 6.45) is 1.97. The van der Waals surface area contributed by atoms with Crippen LogP contribution in [0.5, 0.6) is 0 Å². The third-order valence-electron chi connectivity index (χ3n) is 12.1. The summed E-state index contributed by atoms with van der Waals surface area (Å²) < 4.78 is 7.32. The van der Waals surface area contributed by atoms with E-state index in [4.69, 9.17) is 4.98 Å². The van der Waals surface area contributed by atoms with Gasteiger partial charge in [-0.2, -0.15) is 0 Å². The van der Waals surface area contributed by atoms with Crippen LogP contribution in [-0.2, 0) is 0 Å². The van der Waals surface area contributed by atoms with Crippen molar-refractivity contribution in [2.45, 2.75) is 0 Å². The first kappa shape index (κ1) is 33.1. The molecule has 272 valence electrons. The molecular formula is C53H35N3SSi. The Hall–Kier alpha value is -7.05. The van der Waals surface area contributed by atoms with Crippen molar-refractivity contribution < 1.29 is 0 Å². The van der Waals surface area contributed by atoms with Crippen LogP contribution in [0.1, 0.15) is 0 Å². The van der Waals surface area contributed by atoms with Crippen molar-refractivity contribution in [3.05, 3.63) is 212 Å². The second-order valence-corrected chi connectivity index (χ2v) is 20.0. The van der Waals surface area contributed by atoms with Gasteiger partial charge in [-0.1, -0.05) is 158 Å². The highest BCUT2D eigenvalue weighted by Gasteiger charge is 2.42. The van der Waals surface area contributed by atoms with Crippen molar-refractivity contribution in [1.82, 2.24) is 14.1 Å². The number of pyridine rings is 1. The number of aromatic nitrogens is 3. The topological polar surface area (TPSA) is 22.8 Å².